The van der Waals surface area contributed by atoms with Gasteiger partial charge in [0.25, 0.3) is 0 Å². The van der Waals surface area contributed by atoms with Gasteiger partial charge in [-0.2, -0.15) is 0 Å². The zero-order valence-corrected chi connectivity index (χ0v) is 17.6. The molecule has 0 spiro atoms. The van der Waals surface area contributed by atoms with Crippen molar-refractivity contribution in [3.8, 4) is 0 Å². The summed E-state index contributed by atoms with van der Waals surface area (Å²) in [6, 6.07) is 0. The second-order valence-electron chi connectivity index (χ2n) is 8.94. The molecule has 1 amide bonds. The van der Waals surface area contributed by atoms with Crippen molar-refractivity contribution in [3.63, 3.8) is 0 Å². The fourth-order valence-electron chi connectivity index (χ4n) is 5.13. The van der Waals surface area contributed by atoms with Crippen LogP contribution in [0.5, 0.6) is 0 Å². The highest BCUT2D eigenvalue weighted by molar-refractivity contribution is 5.76. The largest absolute Gasteiger partial charge is 0.372 e. The number of carbonyl (C=O) groups is 1. The number of fused-ring (bicyclic) bond motifs is 1. The van der Waals surface area contributed by atoms with Crippen molar-refractivity contribution >= 4 is 11.7 Å². The van der Waals surface area contributed by atoms with E-state index in [0.29, 0.717) is 18.9 Å². The van der Waals surface area contributed by atoms with Crippen LogP contribution in [-0.4, -0.2) is 52.6 Å². The van der Waals surface area contributed by atoms with Crippen LogP contribution in [0.1, 0.15) is 69.5 Å². The molecule has 4 rings (SSSR count). The Labute approximate surface area is 168 Å². The highest BCUT2D eigenvalue weighted by Crippen LogP contribution is 2.31. The molecule has 1 aromatic heterocycles. The Morgan fingerprint density at radius 1 is 1.14 bits per heavy atom. The lowest BCUT2D eigenvalue weighted by Crippen LogP contribution is -2.47. The highest BCUT2D eigenvalue weighted by Gasteiger charge is 2.30. The van der Waals surface area contributed by atoms with Gasteiger partial charge in [-0.15, -0.1) is 0 Å². The summed E-state index contributed by atoms with van der Waals surface area (Å²) < 4.78 is 5.90. The molecule has 0 bridgehead atoms. The van der Waals surface area contributed by atoms with Crippen molar-refractivity contribution < 1.29 is 9.53 Å². The molecular weight excluding hydrogens is 352 g/mol. The number of amides is 1. The van der Waals surface area contributed by atoms with Gasteiger partial charge in [-0.05, 0) is 33.1 Å². The van der Waals surface area contributed by atoms with Crippen LogP contribution < -0.4 is 4.90 Å². The summed E-state index contributed by atoms with van der Waals surface area (Å²) in [5.41, 5.74) is 2.27. The zero-order chi connectivity index (χ0) is 19.7. The minimum absolute atomic E-state index is 0.183. The predicted molar refractivity (Wildman–Crippen MR) is 109 cm³/mol. The number of rotatable bonds is 4. The van der Waals surface area contributed by atoms with E-state index in [1.807, 2.05) is 11.8 Å². The predicted octanol–water partition coefficient (Wildman–Crippen LogP) is 3.25. The van der Waals surface area contributed by atoms with Gasteiger partial charge in [-0.1, -0.05) is 25.7 Å². The summed E-state index contributed by atoms with van der Waals surface area (Å²) in [5.74, 6) is 2.89. The number of anilines is 1. The molecule has 1 aliphatic carbocycles. The highest BCUT2D eigenvalue weighted by atomic mass is 16.5. The molecule has 3 aliphatic rings. The number of morpholine rings is 1. The molecule has 28 heavy (non-hydrogen) atoms. The summed E-state index contributed by atoms with van der Waals surface area (Å²) >= 11 is 0. The second-order valence-corrected chi connectivity index (χ2v) is 8.94. The van der Waals surface area contributed by atoms with Gasteiger partial charge in [0, 0.05) is 38.0 Å². The van der Waals surface area contributed by atoms with E-state index in [1.54, 1.807) is 0 Å². The molecule has 0 radical (unpaired) electrons. The van der Waals surface area contributed by atoms with Crippen LogP contribution >= 0.6 is 0 Å². The molecule has 1 aromatic rings. The summed E-state index contributed by atoms with van der Waals surface area (Å²) in [4.78, 5) is 26.7. The Morgan fingerprint density at radius 3 is 2.57 bits per heavy atom. The first kappa shape index (κ1) is 19.6. The van der Waals surface area contributed by atoms with Crippen LogP contribution in [0.3, 0.4) is 0 Å². The van der Waals surface area contributed by atoms with Crippen molar-refractivity contribution in [2.24, 2.45) is 5.92 Å². The van der Waals surface area contributed by atoms with E-state index in [1.165, 1.54) is 25.7 Å². The topological polar surface area (TPSA) is 58.6 Å². The minimum Gasteiger partial charge on any atom is -0.372 e. The van der Waals surface area contributed by atoms with Crippen LogP contribution in [0, 0.1) is 12.8 Å². The molecule has 6 nitrogen and oxygen atoms in total. The fourth-order valence-corrected chi connectivity index (χ4v) is 5.13. The van der Waals surface area contributed by atoms with Gasteiger partial charge in [0.2, 0.25) is 5.91 Å². The molecule has 0 aromatic carbocycles. The number of aromatic nitrogens is 2. The van der Waals surface area contributed by atoms with Crippen LogP contribution in [0.4, 0.5) is 5.82 Å². The molecule has 0 unspecified atom stereocenters. The van der Waals surface area contributed by atoms with Gasteiger partial charge in [0.1, 0.15) is 11.6 Å². The molecule has 2 aliphatic heterocycles. The fraction of sp³-hybridized carbons (Fsp3) is 0.773. The quantitative estimate of drug-likeness (QED) is 0.795. The van der Waals surface area contributed by atoms with Crippen LogP contribution in [-0.2, 0) is 22.5 Å². The lowest BCUT2D eigenvalue weighted by atomic mass is 10.00. The number of ether oxygens (including phenoxy) is 1. The van der Waals surface area contributed by atoms with Gasteiger partial charge >= 0.3 is 0 Å². The summed E-state index contributed by atoms with van der Waals surface area (Å²) in [7, 11) is 0. The Hall–Kier alpha value is -1.69. The van der Waals surface area contributed by atoms with Crippen LogP contribution in [0.2, 0.25) is 0 Å². The molecule has 2 atom stereocenters. The lowest BCUT2D eigenvalue weighted by Gasteiger charge is -2.39. The Bertz CT molecular complexity index is 707. The molecule has 0 N–H and O–H groups in total. The van der Waals surface area contributed by atoms with E-state index in [4.69, 9.17) is 14.7 Å². The van der Waals surface area contributed by atoms with Gasteiger partial charge in [0.05, 0.1) is 24.4 Å². The van der Waals surface area contributed by atoms with E-state index in [9.17, 15) is 4.79 Å². The number of nitrogens with zero attached hydrogens (tertiary/aromatic N) is 4. The first-order valence-electron chi connectivity index (χ1n) is 11.0. The van der Waals surface area contributed by atoms with Crippen molar-refractivity contribution in [1.82, 2.24) is 14.9 Å². The van der Waals surface area contributed by atoms with Gasteiger partial charge in [-0.3, -0.25) is 4.79 Å². The van der Waals surface area contributed by atoms with Gasteiger partial charge in [-0.25, -0.2) is 9.97 Å². The van der Waals surface area contributed by atoms with Crippen molar-refractivity contribution in [1.29, 1.82) is 0 Å². The third kappa shape index (κ3) is 4.32. The number of carbonyl (C=O) groups excluding carboxylic acids is 1. The summed E-state index contributed by atoms with van der Waals surface area (Å²) in [6.45, 7) is 9.29. The number of aryl methyl sites for hydroxylation is 1. The summed E-state index contributed by atoms with van der Waals surface area (Å²) in [5, 5.41) is 0. The molecular formula is C22H34N4O2. The molecule has 6 heteroatoms. The van der Waals surface area contributed by atoms with E-state index in [0.717, 1.165) is 61.3 Å². The maximum absolute atomic E-state index is 12.9. The maximum Gasteiger partial charge on any atom is 0.222 e. The monoisotopic (exact) mass is 386 g/mol. The van der Waals surface area contributed by atoms with E-state index < -0.39 is 0 Å². The third-order valence-corrected chi connectivity index (χ3v) is 6.46. The SMILES string of the molecule is Cc1nc2c(c(N3C[C@@H](C)O[C@@H](C)C3)n1)CN(C(=O)CCC1CCCC1)CC2. The molecule has 3 heterocycles. The average molecular weight is 387 g/mol. The van der Waals surface area contributed by atoms with E-state index in [-0.39, 0.29) is 12.2 Å². The lowest BCUT2D eigenvalue weighted by molar-refractivity contribution is -0.132. The van der Waals surface area contributed by atoms with Crippen molar-refractivity contribution in [2.75, 3.05) is 24.5 Å². The average Bonchev–Trinajstić information content (AvgIpc) is 3.18. The molecule has 154 valence electrons. The Morgan fingerprint density at radius 2 is 1.86 bits per heavy atom. The number of hydrogen-bond acceptors (Lipinski definition) is 5. The molecule has 1 saturated carbocycles. The smallest absolute Gasteiger partial charge is 0.222 e. The van der Waals surface area contributed by atoms with Crippen molar-refractivity contribution in [2.45, 2.75) is 84.5 Å². The van der Waals surface area contributed by atoms with E-state index in [2.05, 4.69) is 18.7 Å². The summed E-state index contributed by atoms with van der Waals surface area (Å²) in [6.07, 6.45) is 8.23. The van der Waals surface area contributed by atoms with Crippen LogP contribution in [0.25, 0.3) is 0 Å². The van der Waals surface area contributed by atoms with Gasteiger partial charge in [0.15, 0.2) is 0 Å². The number of hydrogen-bond donors (Lipinski definition) is 0. The Kier molecular flexibility index (Phi) is 5.85. The zero-order valence-electron chi connectivity index (χ0n) is 17.6. The first-order chi connectivity index (χ1) is 13.5. The van der Waals surface area contributed by atoms with Crippen LogP contribution in [0.15, 0.2) is 0 Å². The molecule has 1 saturated heterocycles. The van der Waals surface area contributed by atoms with Gasteiger partial charge < -0.3 is 14.5 Å². The maximum atomic E-state index is 12.9. The second kappa shape index (κ2) is 8.36. The third-order valence-electron chi connectivity index (χ3n) is 6.46. The standard InChI is InChI=1S/C22H34N4O2/c1-15-12-26(13-16(2)28-15)22-19-14-25(11-10-20(19)23-17(3)24-22)21(27)9-8-18-6-4-5-7-18/h15-16,18H,4-14H2,1-3H3/t15-,16+. The normalized spacial score (nSPS) is 25.8. The molecule has 2 fully saturated rings. The van der Waals surface area contributed by atoms with E-state index >= 15 is 0 Å². The Balaban J connectivity index is 1.49. The van der Waals surface area contributed by atoms with Crippen molar-refractivity contribution in [3.05, 3.63) is 17.1 Å². The first-order valence-corrected chi connectivity index (χ1v) is 11.0. The minimum atomic E-state index is 0.183.